The van der Waals surface area contributed by atoms with Gasteiger partial charge >= 0.3 is 0 Å². The molecule has 22 heavy (non-hydrogen) atoms. The predicted octanol–water partition coefficient (Wildman–Crippen LogP) is 2.58. The number of aromatic nitrogens is 2. The van der Waals surface area contributed by atoms with Gasteiger partial charge < -0.3 is 15.4 Å². The van der Waals surface area contributed by atoms with Crippen LogP contribution in [-0.2, 0) is 4.74 Å². The fourth-order valence-corrected chi connectivity index (χ4v) is 1.81. The third kappa shape index (κ3) is 4.37. The number of nitrogens with zero attached hydrogens (tertiary/aromatic N) is 2. The minimum absolute atomic E-state index is 0.0672. The monoisotopic (exact) mass is 324 g/mol. The van der Waals surface area contributed by atoms with Crippen LogP contribution >= 0.6 is 11.6 Å². The van der Waals surface area contributed by atoms with E-state index in [0.29, 0.717) is 24.7 Å². The maximum atomic E-state index is 13.1. The highest BCUT2D eigenvalue weighted by Gasteiger charge is 2.10. The van der Waals surface area contributed by atoms with Crippen molar-refractivity contribution in [3.8, 4) is 0 Å². The molecule has 0 spiro atoms. The van der Waals surface area contributed by atoms with Gasteiger partial charge in [0, 0.05) is 25.4 Å². The largest absolute Gasteiger partial charge is 0.383 e. The first kappa shape index (κ1) is 16.1. The molecule has 0 atom stereocenters. The number of amides is 1. The van der Waals surface area contributed by atoms with Crippen molar-refractivity contribution in [2.75, 3.05) is 30.9 Å². The Hall–Kier alpha value is -2.25. The summed E-state index contributed by atoms with van der Waals surface area (Å²) in [6.07, 6.45) is 1.28. The van der Waals surface area contributed by atoms with E-state index in [4.69, 9.17) is 16.3 Å². The molecule has 0 fully saturated rings. The number of halogens is 2. The Bertz CT molecular complexity index is 669. The normalized spacial score (nSPS) is 10.3. The Morgan fingerprint density at radius 3 is 2.91 bits per heavy atom. The fraction of sp³-hybridized carbons (Fsp3) is 0.214. The van der Waals surface area contributed by atoms with E-state index in [2.05, 4.69) is 20.6 Å². The zero-order chi connectivity index (χ0) is 15.9. The molecule has 0 unspecified atom stereocenters. The Kier molecular flexibility index (Phi) is 5.62. The van der Waals surface area contributed by atoms with E-state index in [1.54, 1.807) is 7.11 Å². The maximum Gasteiger partial charge on any atom is 0.274 e. The highest BCUT2D eigenvalue weighted by Crippen LogP contribution is 2.19. The van der Waals surface area contributed by atoms with Gasteiger partial charge in [0.2, 0.25) is 0 Å². The maximum absolute atomic E-state index is 13.1. The topological polar surface area (TPSA) is 76.1 Å². The lowest BCUT2D eigenvalue weighted by molar-refractivity contribution is 0.102. The van der Waals surface area contributed by atoms with Crippen molar-refractivity contribution < 1.29 is 13.9 Å². The molecular formula is C14H14ClFN4O2. The molecule has 2 rings (SSSR count). The van der Waals surface area contributed by atoms with Gasteiger partial charge in [0.1, 0.15) is 23.7 Å². The van der Waals surface area contributed by atoms with Crippen LogP contribution in [0.4, 0.5) is 15.9 Å². The van der Waals surface area contributed by atoms with Crippen LogP contribution in [-0.4, -0.2) is 36.1 Å². The molecule has 0 saturated carbocycles. The predicted molar refractivity (Wildman–Crippen MR) is 81.8 cm³/mol. The van der Waals surface area contributed by atoms with Crippen molar-refractivity contribution in [2.24, 2.45) is 0 Å². The molecule has 0 aliphatic heterocycles. The number of carbonyl (C=O) groups is 1. The second-order valence-electron chi connectivity index (χ2n) is 4.29. The smallest absolute Gasteiger partial charge is 0.274 e. The zero-order valence-electron chi connectivity index (χ0n) is 11.8. The molecule has 1 amide bonds. The van der Waals surface area contributed by atoms with E-state index in [1.165, 1.54) is 30.6 Å². The SMILES string of the molecule is COCCNc1cc(C(=O)Nc2ccc(F)c(Cl)c2)ncn1. The van der Waals surface area contributed by atoms with Crippen LogP contribution < -0.4 is 10.6 Å². The van der Waals surface area contributed by atoms with Crippen molar-refractivity contribution in [1.29, 1.82) is 0 Å². The Morgan fingerprint density at radius 2 is 2.18 bits per heavy atom. The first-order chi connectivity index (χ1) is 10.6. The number of benzene rings is 1. The summed E-state index contributed by atoms with van der Waals surface area (Å²) < 4.78 is 18.0. The molecule has 116 valence electrons. The molecule has 1 aromatic heterocycles. The lowest BCUT2D eigenvalue weighted by Crippen LogP contribution is -2.15. The van der Waals surface area contributed by atoms with Crippen molar-refractivity contribution in [1.82, 2.24) is 9.97 Å². The third-order valence-corrected chi connectivity index (χ3v) is 2.98. The first-order valence-electron chi connectivity index (χ1n) is 6.41. The van der Waals surface area contributed by atoms with Gasteiger partial charge in [-0.1, -0.05) is 11.6 Å². The molecule has 6 nitrogen and oxygen atoms in total. The molecule has 1 aromatic carbocycles. The third-order valence-electron chi connectivity index (χ3n) is 2.69. The number of ether oxygens (including phenoxy) is 1. The van der Waals surface area contributed by atoms with Gasteiger partial charge in [-0.15, -0.1) is 0 Å². The molecule has 2 aromatic rings. The van der Waals surface area contributed by atoms with Crippen molar-refractivity contribution in [3.63, 3.8) is 0 Å². The number of hydrogen-bond donors (Lipinski definition) is 2. The van der Waals surface area contributed by atoms with E-state index < -0.39 is 11.7 Å². The van der Waals surface area contributed by atoms with Crippen LogP contribution in [0.25, 0.3) is 0 Å². The average Bonchev–Trinajstić information content (AvgIpc) is 2.51. The molecule has 0 bridgehead atoms. The van der Waals surface area contributed by atoms with Crippen molar-refractivity contribution in [2.45, 2.75) is 0 Å². The minimum atomic E-state index is -0.550. The van der Waals surface area contributed by atoms with E-state index in [-0.39, 0.29) is 10.7 Å². The fourth-order valence-electron chi connectivity index (χ4n) is 1.63. The molecular weight excluding hydrogens is 311 g/mol. The Labute approximate surface area is 131 Å². The van der Waals surface area contributed by atoms with Crippen LogP contribution in [0.2, 0.25) is 5.02 Å². The first-order valence-corrected chi connectivity index (χ1v) is 6.79. The molecule has 2 N–H and O–H groups in total. The summed E-state index contributed by atoms with van der Waals surface area (Å²) in [5.74, 6) is -0.486. The lowest BCUT2D eigenvalue weighted by Gasteiger charge is -2.07. The van der Waals surface area contributed by atoms with Gasteiger partial charge in [-0.2, -0.15) is 0 Å². The van der Waals surface area contributed by atoms with Gasteiger partial charge in [-0.25, -0.2) is 14.4 Å². The zero-order valence-corrected chi connectivity index (χ0v) is 12.5. The van der Waals surface area contributed by atoms with E-state index >= 15 is 0 Å². The van der Waals surface area contributed by atoms with E-state index in [0.717, 1.165) is 0 Å². The molecule has 0 aliphatic carbocycles. The number of carbonyl (C=O) groups excluding carboxylic acids is 1. The Morgan fingerprint density at radius 1 is 1.36 bits per heavy atom. The summed E-state index contributed by atoms with van der Waals surface area (Å²) in [7, 11) is 1.59. The number of hydrogen-bond acceptors (Lipinski definition) is 5. The van der Waals surface area contributed by atoms with Crippen LogP contribution in [0.15, 0.2) is 30.6 Å². The number of methoxy groups -OCH3 is 1. The molecule has 1 heterocycles. The number of anilines is 2. The Balaban J connectivity index is 2.05. The summed E-state index contributed by atoms with van der Waals surface area (Å²) in [5.41, 5.74) is 0.555. The summed E-state index contributed by atoms with van der Waals surface area (Å²) in [4.78, 5) is 20.0. The van der Waals surface area contributed by atoms with Gasteiger partial charge in [-0.05, 0) is 18.2 Å². The standard InChI is InChI=1S/C14H14ClFN4O2/c1-22-5-4-17-13-7-12(18-8-19-13)14(21)20-9-2-3-11(16)10(15)6-9/h2-3,6-8H,4-5H2,1H3,(H,20,21)(H,17,18,19). The van der Waals surface area contributed by atoms with E-state index in [9.17, 15) is 9.18 Å². The molecule has 0 saturated heterocycles. The highest BCUT2D eigenvalue weighted by molar-refractivity contribution is 6.31. The van der Waals surface area contributed by atoms with Crippen molar-refractivity contribution >= 4 is 29.0 Å². The number of rotatable bonds is 6. The summed E-state index contributed by atoms with van der Waals surface area (Å²) >= 11 is 5.67. The van der Waals surface area contributed by atoms with Gasteiger partial charge in [-0.3, -0.25) is 4.79 Å². The second-order valence-corrected chi connectivity index (χ2v) is 4.70. The van der Waals surface area contributed by atoms with Crippen LogP contribution in [0.5, 0.6) is 0 Å². The minimum Gasteiger partial charge on any atom is -0.383 e. The van der Waals surface area contributed by atoms with Crippen LogP contribution in [0.1, 0.15) is 10.5 Å². The number of nitrogens with one attached hydrogen (secondary N) is 2. The lowest BCUT2D eigenvalue weighted by atomic mass is 10.3. The quantitative estimate of drug-likeness (QED) is 0.799. The molecule has 8 heteroatoms. The van der Waals surface area contributed by atoms with E-state index in [1.807, 2.05) is 0 Å². The summed E-state index contributed by atoms with van der Waals surface area (Å²) in [5, 5.41) is 5.52. The summed E-state index contributed by atoms with van der Waals surface area (Å²) in [6.45, 7) is 1.07. The van der Waals surface area contributed by atoms with Crippen LogP contribution in [0, 0.1) is 5.82 Å². The molecule has 0 aliphatic rings. The summed E-state index contributed by atoms with van der Waals surface area (Å²) in [6, 6.07) is 5.43. The average molecular weight is 325 g/mol. The van der Waals surface area contributed by atoms with Crippen LogP contribution in [0.3, 0.4) is 0 Å². The van der Waals surface area contributed by atoms with Gasteiger partial charge in [0.25, 0.3) is 5.91 Å². The van der Waals surface area contributed by atoms with Gasteiger partial charge in [0.15, 0.2) is 0 Å². The molecule has 0 radical (unpaired) electrons. The second kappa shape index (κ2) is 7.67. The van der Waals surface area contributed by atoms with Gasteiger partial charge in [0.05, 0.1) is 11.6 Å². The highest BCUT2D eigenvalue weighted by atomic mass is 35.5. The van der Waals surface area contributed by atoms with Crippen molar-refractivity contribution in [3.05, 3.63) is 47.1 Å².